The normalized spacial score (nSPS) is 25.3. The SMILES string of the molecule is C.COCOc1c(OC)c(C)cc2c1[C@@H]1[C@@H]3Cc4c(OC(C)=O)c(C)c5c(c4[C@H](CO)N3[C@@H](C#N)[C@H](C2)N1C)OCO5. The summed E-state index contributed by atoms with van der Waals surface area (Å²) in [4.78, 5) is 16.6. The van der Waals surface area contributed by atoms with Crippen LogP contribution in [0.15, 0.2) is 6.07 Å². The molecule has 11 nitrogen and oxygen atoms in total. The molecule has 1 N–H and O–H groups in total. The first-order valence-corrected chi connectivity index (χ1v) is 13.7. The number of piperazine rings is 1. The Bertz CT molecular complexity index is 1450. The van der Waals surface area contributed by atoms with E-state index in [4.69, 9.17) is 28.4 Å². The molecule has 2 aromatic carbocycles. The number of methoxy groups -OCH3 is 2. The molecular formula is C31H39N3O8. The Kier molecular flexibility index (Phi) is 8.02. The van der Waals surface area contributed by atoms with E-state index in [1.165, 1.54) is 6.92 Å². The van der Waals surface area contributed by atoms with Crippen LogP contribution in [-0.4, -0.2) is 80.5 Å². The minimum atomic E-state index is -0.588. The number of aliphatic hydroxyl groups is 1. The first kappa shape index (κ1) is 29.9. The van der Waals surface area contributed by atoms with Crippen LogP contribution in [0.3, 0.4) is 0 Å². The quantitative estimate of drug-likeness (QED) is 0.307. The third kappa shape index (κ3) is 4.20. The van der Waals surface area contributed by atoms with E-state index in [1.807, 2.05) is 20.9 Å². The smallest absolute Gasteiger partial charge is 0.308 e. The molecule has 0 aromatic heterocycles. The van der Waals surface area contributed by atoms with Crippen LogP contribution < -0.4 is 23.7 Å². The van der Waals surface area contributed by atoms with Gasteiger partial charge in [-0.25, -0.2) is 0 Å². The van der Waals surface area contributed by atoms with E-state index in [0.717, 1.165) is 22.3 Å². The van der Waals surface area contributed by atoms with Gasteiger partial charge in [0, 0.05) is 48.4 Å². The number of nitrogens with zero attached hydrogens (tertiary/aromatic N) is 3. The molecule has 0 saturated carbocycles. The number of likely N-dealkylation sites (N-methyl/N-ethyl adjacent to an activating group) is 1. The van der Waals surface area contributed by atoms with Crippen LogP contribution in [0.25, 0.3) is 0 Å². The zero-order valence-corrected chi connectivity index (χ0v) is 24.1. The second kappa shape index (κ2) is 11.3. The van der Waals surface area contributed by atoms with Crippen LogP contribution in [0.4, 0.5) is 0 Å². The monoisotopic (exact) mass is 581 g/mol. The molecule has 6 rings (SSSR count). The molecule has 4 aliphatic heterocycles. The van der Waals surface area contributed by atoms with Crippen molar-refractivity contribution in [2.24, 2.45) is 0 Å². The Hall–Kier alpha value is -3.56. The fraction of sp³-hybridized carbons (Fsp3) is 0.548. The first-order valence-electron chi connectivity index (χ1n) is 13.7. The molecule has 5 atom stereocenters. The minimum absolute atomic E-state index is 0. The molecule has 0 radical (unpaired) electrons. The second-order valence-corrected chi connectivity index (χ2v) is 11.1. The van der Waals surface area contributed by atoms with E-state index < -0.39 is 18.1 Å². The predicted molar refractivity (Wildman–Crippen MR) is 152 cm³/mol. The first-order chi connectivity index (χ1) is 19.8. The molecule has 1 fully saturated rings. The Morgan fingerprint density at radius 3 is 2.50 bits per heavy atom. The summed E-state index contributed by atoms with van der Waals surface area (Å²) in [6.07, 6.45) is 1.05. The molecule has 2 bridgehead atoms. The van der Waals surface area contributed by atoms with E-state index >= 15 is 0 Å². The van der Waals surface area contributed by atoms with Gasteiger partial charge in [-0.15, -0.1) is 0 Å². The fourth-order valence-corrected chi connectivity index (χ4v) is 7.53. The van der Waals surface area contributed by atoms with Gasteiger partial charge < -0.3 is 33.5 Å². The molecule has 1 saturated heterocycles. The zero-order chi connectivity index (χ0) is 29.2. The number of carbonyl (C=O) groups is 1. The molecule has 42 heavy (non-hydrogen) atoms. The topological polar surface area (TPSA) is 123 Å². The summed E-state index contributed by atoms with van der Waals surface area (Å²) in [5.41, 5.74) is 5.15. The van der Waals surface area contributed by atoms with Gasteiger partial charge in [0.25, 0.3) is 0 Å². The number of aryl methyl sites for hydroxylation is 1. The number of ether oxygens (including phenoxy) is 6. The third-order valence-electron chi connectivity index (χ3n) is 8.99. The summed E-state index contributed by atoms with van der Waals surface area (Å²) in [5, 5.41) is 21.5. The van der Waals surface area contributed by atoms with Gasteiger partial charge in [-0.3, -0.25) is 14.6 Å². The highest BCUT2D eigenvalue weighted by Gasteiger charge is 2.56. The van der Waals surface area contributed by atoms with Gasteiger partial charge in [0.1, 0.15) is 11.8 Å². The summed E-state index contributed by atoms with van der Waals surface area (Å²) in [5.74, 6) is 2.25. The largest absolute Gasteiger partial charge is 0.493 e. The van der Waals surface area contributed by atoms with Crippen molar-refractivity contribution in [3.8, 4) is 34.8 Å². The van der Waals surface area contributed by atoms with E-state index in [1.54, 1.807) is 14.2 Å². The van der Waals surface area contributed by atoms with Gasteiger partial charge >= 0.3 is 5.97 Å². The third-order valence-corrected chi connectivity index (χ3v) is 8.99. The number of hydrogen-bond acceptors (Lipinski definition) is 11. The van der Waals surface area contributed by atoms with Gasteiger partial charge in [0.2, 0.25) is 6.79 Å². The lowest BCUT2D eigenvalue weighted by Gasteiger charge is -2.59. The zero-order valence-electron chi connectivity index (χ0n) is 24.1. The molecule has 0 aliphatic carbocycles. The Morgan fingerprint density at radius 2 is 1.86 bits per heavy atom. The van der Waals surface area contributed by atoms with Gasteiger partial charge in [-0.2, -0.15) is 5.26 Å². The molecule has 0 spiro atoms. The summed E-state index contributed by atoms with van der Waals surface area (Å²) < 4.78 is 34.9. The minimum Gasteiger partial charge on any atom is -0.493 e. The van der Waals surface area contributed by atoms with Crippen molar-refractivity contribution in [2.45, 2.75) is 71.2 Å². The number of esters is 1. The van der Waals surface area contributed by atoms with Gasteiger partial charge in [-0.05, 0) is 44.9 Å². The van der Waals surface area contributed by atoms with Crippen LogP contribution in [0.1, 0.15) is 59.8 Å². The van der Waals surface area contributed by atoms with Crippen LogP contribution in [0, 0.1) is 25.2 Å². The lowest BCUT2D eigenvalue weighted by atomic mass is 9.71. The van der Waals surface area contributed by atoms with Gasteiger partial charge in [0.15, 0.2) is 29.8 Å². The Labute approximate surface area is 246 Å². The number of aliphatic hydroxyl groups excluding tert-OH is 1. The van der Waals surface area contributed by atoms with Crippen molar-refractivity contribution in [1.82, 2.24) is 9.80 Å². The number of fused-ring (bicyclic) bond motifs is 9. The second-order valence-electron chi connectivity index (χ2n) is 11.1. The van der Waals surface area contributed by atoms with Crippen molar-refractivity contribution >= 4 is 5.97 Å². The molecule has 0 amide bonds. The molecular weight excluding hydrogens is 542 g/mol. The maximum atomic E-state index is 12.3. The van der Waals surface area contributed by atoms with Crippen LogP contribution in [-0.2, 0) is 22.4 Å². The lowest BCUT2D eigenvalue weighted by molar-refractivity contribution is -0.132. The summed E-state index contributed by atoms with van der Waals surface area (Å²) in [6, 6.07) is 2.92. The molecule has 4 aliphatic rings. The standard InChI is InChI=1S/C30H35N3O8.CH4/c1-14-7-17-8-19-21(10-31)33-20(25(32(19)4)23(17)29(26(14)37-6)38-12-36-5)9-18-24(22(33)11-34)30-28(39-13-40-30)15(2)27(18)41-16(3)35;/h7,19-22,25,34H,8-9,11-13H2,1-6H3;1H4/t19-,20-,21-,22-,25-;/m0./s1. The summed E-state index contributed by atoms with van der Waals surface area (Å²) in [6.45, 7) is 4.99. The van der Waals surface area contributed by atoms with Crippen LogP contribution >= 0.6 is 0 Å². The van der Waals surface area contributed by atoms with Crippen LogP contribution in [0.5, 0.6) is 28.7 Å². The van der Waals surface area contributed by atoms with Crippen molar-refractivity contribution in [1.29, 1.82) is 5.26 Å². The van der Waals surface area contributed by atoms with E-state index in [0.29, 0.717) is 52.7 Å². The van der Waals surface area contributed by atoms with E-state index in [9.17, 15) is 15.2 Å². The molecule has 226 valence electrons. The van der Waals surface area contributed by atoms with Crippen molar-refractivity contribution in [3.05, 3.63) is 39.4 Å². The lowest BCUT2D eigenvalue weighted by Crippen LogP contribution is -2.68. The highest BCUT2D eigenvalue weighted by atomic mass is 16.7. The number of benzene rings is 2. The molecule has 2 aromatic rings. The van der Waals surface area contributed by atoms with Crippen LogP contribution in [0.2, 0.25) is 0 Å². The summed E-state index contributed by atoms with van der Waals surface area (Å²) >= 11 is 0. The maximum Gasteiger partial charge on any atom is 0.308 e. The number of hydrogen-bond donors (Lipinski definition) is 1. The highest BCUT2D eigenvalue weighted by molar-refractivity contribution is 5.74. The number of carbonyl (C=O) groups excluding carboxylic acids is 1. The highest BCUT2D eigenvalue weighted by Crippen LogP contribution is 2.58. The molecule has 11 heteroatoms. The van der Waals surface area contributed by atoms with E-state index in [-0.39, 0.29) is 45.7 Å². The molecule has 0 unspecified atom stereocenters. The van der Waals surface area contributed by atoms with Crippen molar-refractivity contribution < 1.29 is 38.3 Å². The predicted octanol–water partition coefficient (Wildman–Crippen LogP) is 3.35. The Morgan fingerprint density at radius 1 is 1.12 bits per heavy atom. The van der Waals surface area contributed by atoms with E-state index in [2.05, 4.69) is 21.9 Å². The average Bonchev–Trinajstić information content (AvgIpc) is 3.43. The Balaban J connectivity index is 0.00000353. The summed E-state index contributed by atoms with van der Waals surface area (Å²) in [7, 11) is 5.23. The van der Waals surface area contributed by atoms with Crippen molar-refractivity contribution in [3.63, 3.8) is 0 Å². The van der Waals surface area contributed by atoms with Gasteiger partial charge in [-0.1, -0.05) is 13.5 Å². The molecule has 4 heterocycles. The maximum absolute atomic E-state index is 12.3. The fourth-order valence-electron chi connectivity index (χ4n) is 7.53. The average molecular weight is 582 g/mol. The van der Waals surface area contributed by atoms with Gasteiger partial charge in [0.05, 0.1) is 31.9 Å². The number of nitriles is 1. The van der Waals surface area contributed by atoms with Crippen molar-refractivity contribution in [2.75, 3.05) is 41.5 Å². The number of rotatable bonds is 6.